The Labute approximate surface area is 127 Å². The summed E-state index contributed by atoms with van der Waals surface area (Å²) in [4.78, 5) is 22.1. The minimum atomic E-state index is 0.0658. The summed E-state index contributed by atoms with van der Waals surface area (Å²) in [5, 5.41) is 5.19. The van der Waals surface area contributed by atoms with E-state index in [2.05, 4.69) is 15.1 Å². The molecule has 0 saturated carbocycles. The standard InChI is InChI=1S/C16H17N5O/c22-16(14-10-18-15-13(14)5-1-6-17-15)20-8-2-4-12(11-20)21-9-3-7-19-21/h1,3,5-7,9-10,12H,2,4,8,11H2,(H,17,18)/t12-/m1/s1. The van der Waals surface area contributed by atoms with Crippen LogP contribution in [0.1, 0.15) is 29.2 Å². The SMILES string of the molecule is O=C(c1c[nH]c2ncccc12)N1CCC[C@@H](n2cccn2)C1. The Morgan fingerprint density at radius 2 is 2.27 bits per heavy atom. The van der Waals surface area contributed by atoms with Crippen LogP contribution in [0.25, 0.3) is 11.0 Å². The first-order chi connectivity index (χ1) is 10.8. The van der Waals surface area contributed by atoms with Crippen LogP contribution in [-0.4, -0.2) is 43.6 Å². The second-order valence-electron chi connectivity index (χ2n) is 5.64. The number of H-pyrrole nitrogens is 1. The highest BCUT2D eigenvalue weighted by molar-refractivity contribution is 6.05. The van der Waals surface area contributed by atoms with Gasteiger partial charge in [-0.15, -0.1) is 0 Å². The molecule has 1 aliphatic rings. The molecule has 1 aliphatic heterocycles. The van der Waals surface area contributed by atoms with Crippen LogP contribution in [0.4, 0.5) is 0 Å². The number of pyridine rings is 1. The van der Waals surface area contributed by atoms with Crippen LogP contribution in [0.3, 0.4) is 0 Å². The van der Waals surface area contributed by atoms with Crippen molar-refractivity contribution in [3.8, 4) is 0 Å². The van der Waals surface area contributed by atoms with Crippen molar-refractivity contribution in [2.45, 2.75) is 18.9 Å². The van der Waals surface area contributed by atoms with Crippen molar-refractivity contribution in [2.24, 2.45) is 0 Å². The molecule has 1 amide bonds. The van der Waals surface area contributed by atoms with Gasteiger partial charge in [-0.25, -0.2) is 4.98 Å². The summed E-state index contributed by atoms with van der Waals surface area (Å²) >= 11 is 0. The highest BCUT2D eigenvalue weighted by Gasteiger charge is 2.27. The molecule has 1 saturated heterocycles. The van der Waals surface area contributed by atoms with E-state index < -0.39 is 0 Å². The molecule has 6 heteroatoms. The van der Waals surface area contributed by atoms with Crippen LogP contribution in [0, 0.1) is 0 Å². The molecule has 6 nitrogen and oxygen atoms in total. The quantitative estimate of drug-likeness (QED) is 0.788. The van der Waals surface area contributed by atoms with Crippen LogP contribution in [0.2, 0.25) is 0 Å². The number of nitrogens with one attached hydrogen (secondary N) is 1. The minimum absolute atomic E-state index is 0.0658. The summed E-state index contributed by atoms with van der Waals surface area (Å²) in [5.74, 6) is 0.0658. The topological polar surface area (TPSA) is 66.8 Å². The smallest absolute Gasteiger partial charge is 0.256 e. The maximum Gasteiger partial charge on any atom is 0.256 e. The van der Waals surface area contributed by atoms with Crippen LogP contribution >= 0.6 is 0 Å². The summed E-state index contributed by atoms with van der Waals surface area (Å²) < 4.78 is 1.95. The Morgan fingerprint density at radius 3 is 3.14 bits per heavy atom. The van der Waals surface area contributed by atoms with Crippen molar-refractivity contribution >= 4 is 16.9 Å². The summed E-state index contributed by atoms with van der Waals surface area (Å²) in [6.07, 6.45) is 9.29. The van der Waals surface area contributed by atoms with Crippen molar-refractivity contribution in [2.75, 3.05) is 13.1 Å². The van der Waals surface area contributed by atoms with E-state index in [0.717, 1.165) is 30.4 Å². The predicted molar refractivity (Wildman–Crippen MR) is 82.5 cm³/mol. The molecule has 0 aliphatic carbocycles. The molecule has 1 fully saturated rings. The summed E-state index contributed by atoms with van der Waals surface area (Å²) in [6, 6.07) is 5.97. The van der Waals surface area contributed by atoms with Gasteiger partial charge in [-0.3, -0.25) is 9.48 Å². The van der Waals surface area contributed by atoms with E-state index in [4.69, 9.17) is 0 Å². The molecule has 0 bridgehead atoms. The number of hydrogen-bond acceptors (Lipinski definition) is 3. The zero-order chi connectivity index (χ0) is 14.9. The monoisotopic (exact) mass is 295 g/mol. The third-order valence-electron chi connectivity index (χ3n) is 4.26. The van der Waals surface area contributed by atoms with E-state index in [-0.39, 0.29) is 11.9 Å². The first kappa shape index (κ1) is 13.1. The van der Waals surface area contributed by atoms with E-state index in [9.17, 15) is 4.79 Å². The van der Waals surface area contributed by atoms with Gasteiger partial charge in [-0.1, -0.05) is 0 Å². The Balaban J connectivity index is 1.60. The number of carbonyl (C=O) groups is 1. The number of carbonyl (C=O) groups excluding carboxylic acids is 1. The first-order valence-electron chi connectivity index (χ1n) is 7.53. The number of aromatic nitrogens is 4. The van der Waals surface area contributed by atoms with E-state index in [1.165, 1.54) is 0 Å². The Hall–Kier alpha value is -2.63. The fraction of sp³-hybridized carbons (Fsp3) is 0.312. The van der Waals surface area contributed by atoms with E-state index in [0.29, 0.717) is 12.1 Å². The molecule has 0 radical (unpaired) electrons. The lowest BCUT2D eigenvalue weighted by molar-refractivity contribution is 0.0675. The lowest BCUT2D eigenvalue weighted by atomic mass is 10.0. The van der Waals surface area contributed by atoms with Gasteiger partial charge >= 0.3 is 0 Å². The zero-order valence-corrected chi connectivity index (χ0v) is 12.1. The second-order valence-corrected chi connectivity index (χ2v) is 5.64. The molecular formula is C16H17N5O. The van der Waals surface area contributed by atoms with Gasteiger partial charge < -0.3 is 9.88 Å². The van der Waals surface area contributed by atoms with Crippen molar-refractivity contribution in [3.63, 3.8) is 0 Å². The average molecular weight is 295 g/mol. The molecule has 1 atom stereocenters. The molecule has 4 rings (SSSR count). The highest BCUT2D eigenvalue weighted by atomic mass is 16.2. The van der Waals surface area contributed by atoms with Gasteiger partial charge in [0.1, 0.15) is 5.65 Å². The fourth-order valence-electron chi connectivity index (χ4n) is 3.15. The first-order valence-corrected chi connectivity index (χ1v) is 7.53. The molecule has 22 heavy (non-hydrogen) atoms. The Bertz CT molecular complexity index is 792. The molecule has 0 spiro atoms. The maximum atomic E-state index is 12.8. The fourth-order valence-corrected chi connectivity index (χ4v) is 3.15. The van der Waals surface area contributed by atoms with Gasteiger partial charge in [0, 0.05) is 43.3 Å². The van der Waals surface area contributed by atoms with Crippen molar-refractivity contribution in [1.29, 1.82) is 0 Å². The number of likely N-dealkylation sites (tertiary alicyclic amines) is 1. The molecule has 0 aromatic carbocycles. The molecule has 4 heterocycles. The summed E-state index contributed by atoms with van der Waals surface area (Å²) in [7, 11) is 0. The molecule has 3 aromatic heterocycles. The van der Waals surface area contributed by atoms with Crippen LogP contribution in [-0.2, 0) is 0 Å². The number of amides is 1. The van der Waals surface area contributed by atoms with Crippen molar-refractivity contribution < 1.29 is 4.79 Å². The number of piperidine rings is 1. The summed E-state index contributed by atoms with van der Waals surface area (Å²) in [5.41, 5.74) is 1.45. The summed E-state index contributed by atoms with van der Waals surface area (Å²) in [6.45, 7) is 1.50. The number of aromatic amines is 1. The molecular weight excluding hydrogens is 278 g/mol. The molecule has 3 aromatic rings. The second kappa shape index (κ2) is 5.29. The number of rotatable bonds is 2. The van der Waals surface area contributed by atoms with Crippen LogP contribution in [0.15, 0.2) is 43.0 Å². The van der Waals surface area contributed by atoms with Gasteiger partial charge in [-0.2, -0.15) is 5.10 Å². The van der Waals surface area contributed by atoms with Gasteiger partial charge in [-0.05, 0) is 31.0 Å². The normalized spacial score (nSPS) is 18.7. The van der Waals surface area contributed by atoms with Crippen molar-refractivity contribution in [3.05, 3.63) is 48.5 Å². The average Bonchev–Trinajstić information content (AvgIpc) is 3.24. The third-order valence-corrected chi connectivity index (χ3v) is 4.26. The predicted octanol–water partition coefficient (Wildman–Crippen LogP) is 2.24. The van der Waals surface area contributed by atoms with E-state index >= 15 is 0 Å². The van der Waals surface area contributed by atoms with Crippen molar-refractivity contribution in [1.82, 2.24) is 24.6 Å². The Kier molecular flexibility index (Phi) is 3.14. The van der Waals surface area contributed by atoms with Crippen LogP contribution in [0.5, 0.6) is 0 Å². The zero-order valence-electron chi connectivity index (χ0n) is 12.1. The van der Waals surface area contributed by atoms with Crippen LogP contribution < -0.4 is 0 Å². The lowest BCUT2D eigenvalue weighted by Crippen LogP contribution is -2.40. The number of nitrogens with zero attached hydrogens (tertiary/aromatic N) is 4. The van der Waals surface area contributed by atoms with E-state index in [1.54, 1.807) is 18.6 Å². The van der Waals surface area contributed by atoms with E-state index in [1.807, 2.05) is 34.0 Å². The van der Waals surface area contributed by atoms with Gasteiger partial charge in [0.2, 0.25) is 0 Å². The number of hydrogen-bond donors (Lipinski definition) is 1. The van der Waals surface area contributed by atoms with Gasteiger partial charge in [0.25, 0.3) is 5.91 Å². The van der Waals surface area contributed by atoms with Gasteiger partial charge in [0.05, 0.1) is 11.6 Å². The number of fused-ring (bicyclic) bond motifs is 1. The minimum Gasteiger partial charge on any atom is -0.345 e. The van der Waals surface area contributed by atoms with Gasteiger partial charge in [0.15, 0.2) is 0 Å². The Morgan fingerprint density at radius 1 is 1.32 bits per heavy atom. The largest absolute Gasteiger partial charge is 0.345 e. The lowest BCUT2D eigenvalue weighted by Gasteiger charge is -2.32. The molecule has 112 valence electrons. The molecule has 0 unspecified atom stereocenters. The molecule has 1 N–H and O–H groups in total. The maximum absolute atomic E-state index is 12.8. The third kappa shape index (κ3) is 2.16. The highest BCUT2D eigenvalue weighted by Crippen LogP contribution is 2.24.